The number of nitrogen functional groups attached to an aromatic ring is 1. The molecule has 0 fully saturated rings. The molecule has 32 heavy (non-hydrogen) atoms. The van der Waals surface area contributed by atoms with E-state index in [9.17, 15) is 4.79 Å². The van der Waals surface area contributed by atoms with Crippen molar-refractivity contribution in [2.24, 2.45) is 0 Å². The monoisotopic (exact) mass is 453 g/mol. The van der Waals surface area contributed by atoms with Crippen molar-refractivity contribution in [1.82, 2.24) is 0 Å². The van der Waals surface area contributed by atoms with E-state index >= 15 is 0 Å². The van der Waals surface area contributed by atoms with E-state index in [0.717, 1.165) is 16.0 Å². The predicted molar refractivity (Wildman–Crippen MR) is 136 cm³/mol. The lowest BCUT2D eigenvalue weighted by atomic mass is 9.92. The highest BCUT2D eigenvalue weighted by Crippen LogP contribution is 2.41. The number of halogens is 1. The van der Waals surface area contributed by atoms with Crippen LogP contribution in [0.5, 0.6) is 0 Å². The molecule has 0 radical (unpaired) electrons. The zero-order valence-corrected chi connectivity index (χ0v) is 18.8. The second-order valence-electron chi connectivity index (χ2n) is 7.67. The molecule has 1 aromatic heterocycles. The molecule has 0 aliphatic heterocycles. The normalized spacial score (nSPS) is 11.0. The van der Waals surface area contributed by atoms with Gasteiger partial charge in [0.1, 0.15) is 0 Å². The van der Waals surface area contributed by atoms with Gasteiger partial charge < -0.3 is 5.73 Å². The largest absolute Gasteiger partial charge is 0.390 e. The third-order valence-electron chi connectivity index (χ3n) is 5.65. The van der Waals surface area contributed by atoms with E-state index in [1.807, 2.05) is 30.3 Å². The fourth-order valence-electron chi connectivity index (χ4n) is 4.11. The minimum absolute atomic E-state index is 0.0761. The van der Waals surface area contributed by atoms with Crippen molar-refractivity contribution in [2.75, 3.05) is 5.73 Å². The summed E-state index contributed by atoms with van der Waals surface area (Å²) in [5.74, 6) is -0.0761. The smallest absolute Gasteiger partial charge is 0.196 e. The molecule has 0 aliphatic rings. The van der Waals surface area contributed by atoms with Crippen molar-refractivity contribution in [1.29, 1.82) is 0 Å². The van der Waals surface area contributed by atoms with E-state index in [1.54, 1.807) is 24.3 Å². The maximum Gasteiger partial charge on any atom is 0.196 e. The van der Waals surface area contributed by atoms with E-state index in [-0.39, 0.29) is 5.78 Å². The maximum atomic E-state index is 13.6. The molecule has 4 heteroatoms. The number of carbonyl (C=O) groups excluding carboxylic acids is 1. The Morgan fingerprint density at radius 1 is 0.812 bits per heavy atom. The number of ketones is 1. The number of hydrogen-bond donors (Lipinski definition) is 1. The van der Waals surface area contributed by atoms with Crippen molar-refractivity contribution in [3.05, 3.63) is 124 Å². The molecule has 0 atom stereocenters. The van der Waals surface area contributed by atoms with Crippen LogP contribution in [0, 0.1) is 0 Å². The molecule has 5 rings (SSSR count). The molecule has 0 unspecified atom stereocenters. The first-order valence-electron chi connectivity index (χ1n) is 10.4. The van der Waals surface area contributed by atoms with E-state index < -0.39 is 0 Å². The minimum Gasteiger partial charge on any atom is -0.390 e. The lowest BCUT2D eigenvalue weighted by molar-refractivity contribution is 0.103. The third kappa shape index (κ3) is 3.81. The van der Waals surface area contributed by atoms with E-state index in [0.29, 0.717) is 27.6 Å². The van der Waals surface area contributed by atoms with Gasteiger partial charge in [-0.15, -0.1) is 11.3 Å². The topological polar surface area (TPSA) is 43.1 Å². The number of rotatable bonds is 5. The lowest BCUT2D eigenvalue weighted by Crippen LogP contribution is -2.07. The molecule has 0 aliphatic carbocycles. The van der Waals surface area contributed by atoms with Gasteiger partial charge in [0.05, 0.1) is 10.6 Å². The summed E-state index contributed by atoms with van der Waals surface area (Å²) in [6, 6.07) is 31.7. The van der Waals surface area contributed by atoms with Crippen LogP contribution in [0.2, 0.25) is 5.02 Å². The molecule has 0 bridgehead atoms. The Morgan fingerprint density at radius 2 is 1.50 bits per heavy atom. The fourth-order valence-corrected chi connectivity index (χ4v) is 5.32. The number of thiophene rings is 1. The first kappa shape index (κ1) is 20.5. The Bertz CT molecular complexity index is 1420. The second kappa shape index (κ2) is 8.62. The maximum absolute atomic E-state index is 13.6. The van der Waals surface area contributed by atoms with Crippen LogP contribution >= 0.6 is 22.9 Å². The van der Waals surface area contributed by atoms with Crippen LogP contribution in [0.3, 0.4) is 0 Å². The zero-order chi connectivity index (χ0) is 22.1. The molecule has 5 aromatic rings. The van der Waals surface area contributed by atoms with Crippen LogP contribution in [0.1, 0.15) is 27.0 Å². The lowest BCUT2D eigenvalue weighted by Gasteiger charge is -2.11. The summed E-state index contributed by atoms with van der Waals surface area (Å²) in [5.41, 5.74) is 10.9. The molecular formula is C28H20ClNOS. The number of fused-ring (bicyclic) bond motifs is 1. The van der Waals surface area contributed by atoms with Crippen LogP contribution in [0.15, 0.2) is 97.1 Å². The van der Waals surface area contributed by atoms with Gasteiger partial charge in [0.25, 0.3) is 0 Å². The highest BCUT2D eigenvalue weighted by atomic mass is 35.5. The van der Waals surface area contributed by atoms with Gasteiger partial charge in [0.2, 0.25) is 0 Å². The average molecular weight is 454 g/mol. The molecule has 0 spiro atoms. The Hall–Kier alpha value is -3.40. The SMILES string of the molecule is Nc1sc(-c2ccccc2)c(Cc2cccc3ccccc23)c1C(=O)c1ccc(Cl)cc1. The number of anilines is 1. The van der Waals surface area contributed by atoms with Crippen LogP contribution < -0.4 is 5.73 Å². The summed E-state index contributed by atoms with van der Waals surface area (Å²) in [6.07, 6.45) is 0.619. The Morgan fingerprint density at radius 3 is 2.28 bits per heavy atom. The molecule has 0 amide bonds. The molecule has 0 saturated carbocycles. The van der Waals surface area contributed by atoms with E-state index in [1.165, 1.54) is 27.7 Å². The average Bonchev–Trinajstić information content (AvgIpc) is 3.15. The Balaban J connectivity index is 1.70. The van der Waals surface area contributed by atoms with Gasteiger partial charge in [-0.3, -0.25) is 4.79 Å². The number of nitrogens with two attached hydrogens (primary N) is 1. The molecule has 4 aromatic carbocycles. The summed E-state index contributed by atoms with van der Waals surface area (Å²) >= 11 is 7.51. The molecule has 1 heterocycles. The highest BCUT2D eigenvalue weighted by Gasteiger charge is 2.24. The summed E-state index contributed by atoms with van der Waals surface area (Å²) in [5, 5.41) is 3.50. The number of benzene rings is 4. The van der Waals surface area contributed by atoms with Gasteiger partial charge in [-0.2, -0.15) is 0 Å². The minimum atomic E-state index is -0.0761. The standard InChI is InChI=1S/C28H20ClNOS/c29-22-15-13-19(14-16-22)26(31)25-24(27(32-28(25)30)20-8-2-1-3-9-20)17-21-11-6-10-18-7-4-5-12-23(18)21/h1-16H,17,30H2. The second-order valence-corrected chi connectivity index (χ2v) is 9.15. The van der Waals surface area contributed by atoms with Crippen LogP contribution in [-0.2, 0) is 6.42 Å². The quantitative estimate of drug-likeness (QED) is 0.278. The van der Waals surface area contributed by atoms with Crippen LogP contribution in [-0.4, -0.2) is 5.78 Å². The van der Waals surface area contributed by atoms with Crippen molar-refractivity contribution >= 4 is 44.5 Å². The van der Waals surface area contributed by atoms with Crippen molar-refractivity contribution in [3.63, 3.8) is 0 Å². The van der Waals surface area contributed by atoms with E-state index in [4.69, 9.17) is 17.3 Å². The number of carbonyl (C=O) groups is 1. The van der Waals surface area contributed by atoms with Gasteiger partial charge in [-0.05, 0) is 51.7 Å². The Labute approximate surface area is 195 Å². The Kier molecular flexibility index (Phi) is 5.52. The molecule has 0 saturated heterocycles. The molecular weight excluding hydrogens is 434 g/mol. The third-order valence-corrected chi connectivity index (χ3v) is 7.01. The first-order valence-corrected chi connectivity index (χ1v) is 11.5. The summed E-state index contributed by atoms with van der Waals surface area (Å²) < 4.78 is 0. The van der Waals surface area contributed by atoms with E-state index in [2.05, 4.69) is 42.5 Å². The van der Waals surface area contributed by atoms with Crippen molar-refractivity contribution in [3.8, 4) is 10.4 Å². The van der Waals surface area contributed by atoms with Crippen LogP contribution in [0.4, 0.5) is 5.00 Å². The summed E-state index contributed by atoms with van der Waals surface area (Å²) in [7, 11) is 0. The molecule has 156 valence electrons. The molecule has 2 nitrogen and oxygen atoms in total. The van der Waals surface area contributed by atoms with Crippen molar-refractivity contribution < 1.29 is 4.79 Å². The number of hydrogen-bond acceptors (Lipinski definition) is 3. The van der Waals surface area contributed by atoms with Crippen LogP contribution in [0.25, 0.3) is 21.2 Å². The van der Waals surface area contributed by atoms with Crippen molar-refractivity contribution in [2.45, 2.75) is 6.42 Å². The van der Waals surface area contributed by atoms with Gasteiger partial charge in [-0.25, -0.2) is 0 Å². The summed E-state index contributed by atoms with van der Waals surface area (Å²) in [4.78, 5) is 14.6. The predicted octanol–water partition coefficient (Wildman–Crippen LogP) is 7.63. The first-order chi connectivity index (χ1) is 15.6. The zero-order valence-electron chi connectivity index (χ0n) is 17.2. The highest BCUT2D eigenvalue weighted by molar-refractivity contribution is 7.20. The van der Waals surface area contributed by atoms with Gasteiger partial charge in [0.15, 0.2) is 5.78 Å². The fraction of sp³-hybridized carbons (Fsp3) is 0.0357. The van der Waals surface area contributed by atoms with Gasteiger partial charge >= 0.3 is 0 Å². The van der Waals surface area contributed by atoms with Gasteiger partial charge in [-0.1, -0.05) is 84.4 Å². The van der Waals surface area contributed by atoms with Gasteiger partial charge in [0, 0.05) is 21.9 Å². The molecule has 2 N–H and O–H groups in total. The summed E-state index contributed by atoms with van der Waals surface area (Å²) in [6.45, 7) is 0.